The minimum atomic E-state index is -4.22. The molecular weight excluding hydrogens is 592 g/mol. The molecule has 228 valence electrons. The van der Waals surface area contributed by atoms with Gasteiger partial charge in [0, 0.05) is 23.2 Å². The predicted molar refractivity (Wildman–Crippen MR) is 160 cm³/mol. The van der Waals surface area contributed by atoms with Crippen LogP contribution in [0.15, 0.2) is 79.1 Å². The van der Waals surface area contributed by atoms with Crippen molar-refractivity contribution in [2.24, 2.45) is 0 Å². The Hall–Kier alpha value is -4.93. The summed E-state index contributed by atoms with van der Waals surface area (Å²) in [6.45, 7) is 3.16. The van der Waals surface area contributed by atoms with Gasteiger partial charge in [-0.15, -0.1) is 0 Å². The molecule has 0 bridgehead atoms. The summed E-state index contributed by atoms with van der Waals surface area (Å²) in [5.74, 6) is -2.41. The molecule has 5 rings (SSSR count). The molecular formula is C31H29FN3O8P. The van der Waals surface area contributed by atoms with Crippen molar-refractivity contribution in [1.29, 1.82) is 0 Å². The Morgan fingerprint density at radius 2 is 1.77 bits per heavy atom. The normalized spacial score (nSPS) is 13.3. The van der Waals surface area contributed by atoms with Crippen LogP contribution in [0.5, 0.6) is 17.4 Å². The first kappa shape index (κ1) is 30.5. The third-order valence-electron chi connectivity index (χ3n) is 6.71. The zero-order valence-electron chi connectivity index (χ0n) is 23.8. The lowest BCUT2D eigenvalue weighted by atomic mass is 10.0. The van der Waals surface area contributed by atoms with Gasteiger partial charge in [-0.25, -0.2) is 13.8 Å². The summed E-state index contributed by atoms with van der Waals surface area (Å²) < 4.78 is 44.9. The molecule has 0 saturated heterocycles. The van der Waals surface area contributed by atoms with Crippen molar-refractivity contribution in [3.8, 4) is 17.4 Å². The van der Waals surface area contributed by atoms with Crippen LogP contribution in [0.25, 0.3) is 21.7 Å². The number of para-hydroxylation sites is 1. The molecule has 2 heterocycles. The topological polar surface area (TPSA) is 149 Å². The Balaban J connectivity index is 1.52. The summed E-state index contributed by atoms with van der Waals surface area (Å²) in [6, 6.07) is 16.9. The number of aromatic hydroxyl groups is 2. The molecule has 0 fully saturated rings. The average Bonchev–Trinajstić information content (AvgIpc) is 3.33. The fraction of sp³-hybridized carbons (Fsp3) is 0.194. The number of aromatic nitrogens is 2. The van der Waals surface area contributed by atoms with Gasteiger partial charge in [-0.05, 0) is 49.7 Å². The Labute approximate surface area is 251 Å². The minimum absolute atomic E-state index is 0.0266. The van der Waals surface area contributed by atoms with Crippen molar-refractivity contribution in [3.63, 3.8) is 0 Å². The van der Waals surface area contributed by atoms with Crippen LogP contribution in [0.1, 0.15) is 29.8 Å². The summed E-state index contributed by atoms with van der Waals surface area (Å²) in [6.07, 6.45) is 0.990. The number of amides is 1. The number of fused-ring (bicyclic) bond motifs is 2. The van der Waals surface area contributed by atoms with Gasteiger partial charge in [0.2, 0.25) is 5.88 Å². The van der Waals surface area contributed by atoms with E-state index in [9.17, 15) is 28.8 Å². The van der Waals surface area contributed by atoms with E-state index in [-0.39, 0.29) is 57.8 Å². The van der Waals surface area contributed by atoms with E-state index >= 15 is 0 Å². The van der Waals surface area contributed by atoms with Gasteiger partial charge < -0.3 is 29.4 Å². The summed E-state index contributed by atoms with van der Waals surface area (Å²) in [7, 11) is -4.22. The molecule has 0 aliphatic heterocycles. The fourth-order valence-electron chi connectivity index (χ4n) is 4.71. The number of hydrogen-bond donors (Lipinski definition) is 3. The molecule has 0 radical (unpaired) electrons. The highest BCUT2D eigenvalue weighted by Crippen LogP contribution is 2.49. The Morgan fingerprint density at radius 1 is 1.05 bits per heavy atom. The van der Waals surface area contributed by atoms with Crippen LogP contribution in [0, 0.1) is 5.82 Å². The largest absolute Gasteiger partial charge is 0.505 e. The number of esters is 1. The maximum Gasteiger partial charge on any atom is 0.399 e. The number of rotatable bonds is 11. The van der Waals surface area contributed by atoms with Crippen molar-refractivity contribution in [2.75, 3.05) is 12.9 Å². The lowest BCUT2D eigenvalue weighted by molar-refractivity contribution is -0.150. The molecule has 2 atom stereocenters. The standard InChI is InChI=1S/C31H29FN3O8P/c1-3-41-31(39)19(2)42-44(40,43-22-8-5-4-6-9-22)18-34-29(37)25-23-10-7-15-33-27(23)28(36)26-24(25)17-35(30(26)38)16-20-11-13-21(32)14-12-20/h4-15,17,19,36,38H,3,16,18H2,1-2H3,(H,34,37)/t19-,44?/m0/s1. The first-order chi connectivity index (χ1) is 21.1. The maximum absolute atomic E-state index is 13.9. The smallest absolute Gasteiger partial charge is 0.399 e. The first-order valence-corrected chi connectivity index (χ1v) is 15.4. The zero-order chi connectivity index (χ0) is 31.4. The van der Waals surface area contributed by atoms with Crippen LogP contribution in [0.2, 0.25) is 0 Å². The summed E-state index contributed by atoms with van der Waals surface area (Å²) in [4.78, 5) is 30.3. The highest BCUT2D eigenvalue weighted by molar-refractivity contribution is 7.54. The van der Waals surface area contributed by atoms with Gasteiger partial charge in [0.15, 0.2) is 11.9 Å². The molecule has 11 nitrogen and oxygen atoms in total. The van der Waals surface area contributed by atoms with Gasteiger partial charge in [-0.1, -0.05) is 36.4 Å². The van der Waals surface area contributed by atoms with E-state index in [0.717, 1.165) is 0 Å². The van der Waals surface area contributed by atoms with Gasteiger partial charge in [-0.3, -0.25) is 14.3 Å². The van der Waals surface area contributed by atoms with Crippen LogP contribution in [0.3, 0.4) is 0 Å². The molecule has 0 aliphatic rings. The number of pyridine rings is 1. The van der Waals surface area contributed by atoms with E-state index in [4.69, 9.17) is 13.8 Å². The van der Waals surface area contributed by atoms with E-state index in [0.29, 0.717) is 5.56 Å². The number of phenols is 1. The van der Waals surface area contributed by atoms with Crippen LogP contribution in [0.4, 0.5) is 4.39 Å². The molecule has 1 amide bonds. The number of nitrogens with zero attached hydrogens (tertiary/aromatic N) is 2. The van der Waals surface area contributed by atoms with Crippen LogP contribution in [-0.4, -0.2) is 50.6 Å². The number of carbonyl (C=O) groups excluding carboxylic acids is 2. The van der Waals surface area contributed by atoms with E-state index in [2.05, 4.69) is 10.3 Å². The molecule has 0 saturated carbocycles. The number of carbonyl (C=O) groups is 2. The number of phenolic OH excluding ortho intramolecular Hbond substituents is 1. The predicted octanol–water partition coefficient (Wildman–Crippen LogP) is 5.72. The second-order valence-corrected chi connectivity index (χ2v) is 11.7. The van der Waals surface area contributed by atoms with Crippen LogP contribution >= 0.6 is 7.60 Å². The quantitative estimate of drug-likeness (QED) is 0.124. The number of benzene rings is 3. The fourth-order valence-corrected chi connectivity index (χ4v) is 6.24. The van der Waals surface area contributed by atoms with Crippen LogP contribution in [-0.2, 0) is 25.2 Å². The van der Waals surface area contributed by atoms with Gasteiger partial charge in [-0.2, -0.15) is 0 Å². The SMILES string of the molecule is CCOC(=O)[C@H](C)OP(=O)(CNC(=O)c1c2cccnc2c(O)c2c(O)n(Cc3ccc(F)cc3)cc12)Oc1ccccc1. The third-order valence-corrected chi connectivity index (χ3v) is 8.38. The maximum atomic E-state index is 13.9. The third kappa shape index (κ3) is 6.36. The molecule has 3 N–H and O–H groups in total. The lowest BCUT2D eigenvalue weighted by Crippen LogP contribution is -2.30. The first-order valence-electron chi connectivity index (χ1n) is 13.6. The molecule has 0 aliphatic carbocycles. The highest BCUT2D eigenvalue weighted by Gasteiger charge is 2.34. The number of ether oxygens (including phenoxy) is 1. The Kier molecular flexibility index (Phi) is 8.84. The van der Waals surface area contributed by atoms with Crippen molar-refractivity contribution in [3.05, 3.63) is 96.1 Å². The molecule has 44 heavy (non-hydrogen) atoms. The molecule has 1 unspecified atom stereocenters. The monoisotopic (exact) mass is 621 g/mol. The van der Waals surface area contributed by atoms with E-state index < -0.39 is 37.7 Å². The second kappa shape index (κ2) is 12.7. The van der Waals surface area contributed by atoms with Gasteiger partial charge in [0.05, 0.1) is 24.1 Å². The van der Waals surface area contributed by atoms with Gasteiger partial charge in [0.25, 0.3) is 5.91 Å². The van der Waals surface area contributed by atoms with Crippen molar-refractivity contribution < 1.29 is 42.5 Å². The number of halogens is 1. The lowest BCUT2D eigenvalue weighted by Gasteiger charge is -2.23. The summed E-state index contributed by atoms with van der Waals surface area (Å²) >= 11 is 0. The molecule has 2 aromatic heterocycles. The second-order valence-electron chi connectivity index (χ2n) is 9.80. The molecule has 3 aromatic carbocycles. The highest BCUT2D eigenvalue weighted by atomic mass is 31.2. The van der Waals surface area contributed by atoms with E-state index in [1.54, 1.807) is 61.5 Å². The minimum Gasteiger partial charge on any atom is -0.505 e. The number of nitrogens with one attached hydrogen (secondary N) is 1. The number of hydrogen-bond acceptors (Lipinski definition) is 9. The van der Waals surface area contributed by atoms with E-state index in [1.807, 2.05) is 0 Å². The van der Waals surface area contributed by atoms with Gasteiger partial charge >= 0.3 is 13.6 Å². The van der Waals surface area contributed by atoms with Crippen LogP contribution < -0.4 is 9.84 Å². The molecule has 5 aromatic rings. The average molecular weight is 622 g/mol. The van der Waals surface area contributed by atoms with E-state index in [1.165, 1.54) is 36.0 Å². The molecule has 13 heteroatoms. The van der Waals surface area contributed by atoms with Crippen molar-refractivity contribution in [1.82, 2.24) is 14.9 Å². The Bertz CT molecular complexity index is 1880. The zero-order valence-corrected chi connectivity index (χ0v) is 24.7. The summed E-state index contributed by atoms with van der Waals surface area (Å²) in [5, 5.41) is 25.2. The van der Waals surface area contributed by atoms with Crippen molar-refractivity contribution in [2.45, 2.75) is 26.5 Å². The summed E-state index contributed by atoms with van der Waals surface area (Å²) in [5.41, 5.74) is 0.733. The van der Waals surface area contributed by atoms with Gasteiger partial charge in [0.1, 0.15) is 23.4 Å². The van der Waals surface area contributed by atoms with Crippen molar-refractivity contribution >= 4 is 41.1 Å². The Morgan fingerprint density at radius 3 is 2.48 bits per heavy atom. The molecule has 0 spiro atoms.